The van der Waals surface area contributed by atoms with Gasteiger partial charge in [-0.2, -0.15) is 0 Å². The molecule has 0 saturated carbocycles. The minimum Gasteiger partial charge on any atom is -0.516 e. The van der Waals surface area contributed by atoms with Crippen LogP contribution in [0.3, 0.4) is 0 Å². The molecule has 1 nitrogen and oxygen atoms in total. The minimum absolute atomic E-state index is 0.831. The fraction of sp³-hybridized carbons (Fsp3) is 0.200. The molecule has 1 aromatic rings. The largest absolute Gasteiger partial charge is 0.516 e. The van der Waals surface area contributed by atoms with Crippen LogP contribution in [0.2, 0.25) is 0 Å². The van der Waals surface area contributed by atoms with E-state index in [4.69, 9.17) is 5.11 Å². The zero-order chi connectivity index (χ0) is 8.10. The van der Waals surface area contributed by atoms with Crippen LogP contribution in [0.25, 0.3) is 0 Å². The molecule has 1 rings (SSSR count). The lowest BCUT2D eigenvalue weighted by Gasteiger charge is -1.98. The lowest BCUT2D eigenvalue weighted by molar-refractivity contribution is 0.465. The summed E-state index contributed by atoms with van der Waals surface area (Å²) in [5.41, 5.74) is 2.21. The van der Waals surface area contributed by atoms with Gasteiger partial charge in [0.25, 0.3) is 0 Å². The highest BCUT2D eigenvalue weighted by molar-refractivity contribution is 5.19. The Labute approximate surface area is 67.0 Å². The van der Waals surface area contributed by atoms with E-state index in [0.29, 0.717) is 0 Å². The molecule has 0 spiro atoms. The lowest BCUT2D eigenvalue weighted by atomic mass is 10.1. The van der Waals surface area contributed by atoms with E-state index < -0.39 is 0 Å². The van der Waals surface area contributed by atoms with Gasteiger partial charge >= 0.3 is 0 Å². The molecule has 1 N–H and O–H groups in total. The molecule has 0 aliphatic heterocycles. The van der Waals surface area contributed by atoms with E-state index in [9.17, 15) is 0 Å². The van der Waals surface area contributed by atoms with Gasteiger partial charge in [0.2, 0.25) is 0 Å². The van der Waals surface area contributed by atoms with E-state index in [2.05, 4.69) is 0 Å². The zero-order valence-electron chi connectivity index (χ0n) is 6.62. The summed E-state index contributed by atoms with van der Waals surface area (Å²) < 4.78 is 0. The Kier molecular flexibility index (Phi) is 2.73. The molecular formula is C10H12O. The van der Waals surface area contributed by atoms with Crippen molar-refractivity contribution >= 4 is 0 Å². The molecule has 0 unspecified atom stereocenters. The third kappa shape index (κ3) is 2.46. The van der Waals surface area contributed by atoms with Gasteiger partial charge < -0.3 is 5.11 Å². The van der Waals surface area contributed by atoms with Crippen LogP contribution >= 0.6 is 0 Å². The van der Waals surface area contributed by atoms with Crippen molar-refractivity contribution < 1.29 is 5.11 Å². The maximum Gasteiger partial charge on any atom is 0.0784 e. The van der Waals surface area contributed by atoms with Gasteiger partial charge in [-0.1, -0.05) is 30.3 Å². The molecule has 11 heavy (non-hydrogen) atoms. The summed E-state index contributed by atoms with van der Waals surface area (Å²) in [7, 11) is 0. The Hall–Kier alpha value is -1.24. The monoisotopic (exact) mass is 148 g/mol. The van der Waals surface area contributed by atoms with Gasteiger partial charge in [-0.25, -0.2) is 0 Å². The van der Waals surface area contributed by atoms with Gasteiger partial charge in [-0.05, 0) is 24.5 Å². The summed E-state index contributed by atoms with van der Waals surface area (Å²) in [6.45, 7) is 1.91. The summed E-state index contributed by atoms with van der Waals surface area (Å²) in [4.78, 5) is 0. The molecule has 0 bridgehead atoms. The normalized spacial score (nSPS) is 11.5. The molecule has 0 saturated heterocycles. The molecule has 58 valence electrons. The molecular weight excluding hydrogens is 136 g/mol. The maximum absolute atomic E-state index is 8.63. The second kappa shape index (κ2) is 3.81. The molecule has 0 atom stereocenters. The summed E-state index contributed by atoms with van der Waals surface area (Å²) >= 11 is 0. The van der Waals surface area contributed by atoms with Crippen LogP contribution in [-0.4, -0.2) is 5.11 Å². The van der Waals surface area contributed by atoms with Crippen LogP contribution in [0.4, 0.5) is 0 Å². The van der Waals surface area contributed by atoms with Gasteiger partial charge in [0.15, 0.2) is 0 Å². The zero-order valence-corrected chi connectivity index (χ0v) is 6.62. The molecule has 0 aromatic heterocycles. The molecule has 1 aromatic carbocycles. The van der Waals surface area contributed by atoms with Crippen molar-refractivity contribution in [3.8, 4) is 0 Å². The molecule has 0 amide bonds. The van der Waals surface area contributed by atoms with Crippen molar-refractivity contribution in [1.29, 1.82) is 0 Å². The van der Waals surface area contributed by atoms with Crippen molar-refractivity contribution in [3.05, 3.63) is 47.7 Å². The molecule has 0 aliphatic carbocycles. The van der Waals surface area contributed by atoms with Crippen molar-refractivity contribution in [2.24, 2.45) is 0 Å². The van der Waals surface area contributed by atoms with Crippen molar-refractivity contribution in [2.45, 2.75) is 13.3 Å². The van der Waals surface area contributed by atoms with E-state index in [1.807, 2.05) is 37.3 Å². The van der Waals surface area contributed by atoms with Gasteiger partial charge in [0, 0.05) is 0 Å². The standard InChI is InChI=1S/C10H12O/c1-9(8-11)7-10-5-3-2-4-6-10/h2-6,8,11H,7H2,1H3. The Morgan fingerprint density at radius 3 is 2.55 bits per heavy atom. The fourth-order valence-electron chi connectivity index (χ4n) is 0.963. The minimum atomic E-state index is 0.831. The van der Waals surface area contributed by atoms with Gasteiger partial charge in [0.1, 0.15) is 0 Å². The third-order valence-electron chi connectivity index (χ3n) is 1.55. The first-order valence-electron chi connectivity index (χ1n) is 3.66. The molecule has 0 heterocycles. The Morgan fingerprint density at radius 2 is 2.00 bits per heavy atom. The van der Waals surface area contributed by atoms with Crippen molar-refractivity contribution in [3.63, 3.8) is 0 Å². The van der Waals surface area contributed by atoms with Crippen LogP contribution in [0.15, 0.2) is 42.2 Å². The number of aliphatic hydroxyl groups is 1. The summed E-state index contributed by atoms with van der Waals surface area (Å²) in [5.74, 6) is 0. The fourth-order valence-corrected chi connectivity index (χ4v) is 0.963. The Balaban J connectivity index is 2.65. The van der Waals surface area contributed by atoms with E-state index >= 15 is 0 Å². The quantitative estimate of drug-likeness (QED) is 0.639. The predicted molar refractivity (Wildman–Crippen MR) is 46.5 cm³/mol. The first-order chi connectivity index (χ1) is 5.33. The van der Waals surface area contributed by atoms with E-state index in [1.54, 1.807) is 0 Å². The highest BCUT2D eigenvalue weighted by atomic mass is 16.2. The molecule has 0 aliphatic rings. The van der Waals surface area contributed by atoms with Gasteiger partial charge in [-0.15, -0.1) is 0 Å². The topological polar surface area (TPSA) is 20.2 Å². The summed E-state index contributed by atoms with van der Waals surface area (Å²) in [5, 5.41) is 8.63. The second-order valence-corrected chi connectivity index (χ2v) is 2.64. The third-order valence-corrected chi connectivity index (χ3v) is 1.55. The smallest absolute Gasteiger partial charge is 0.0784 e. The lowest BCUT2D eigenvalue weighted by Crippen LogP contribution is -1.85. The Morgan fingerprint density at radius 1 is 1.36 bits per heavy atom. The second-order valence-electron chi connectivity index (χ2n) is 2.64. The first-order valence-corrected chi connectivity index (χ1v) is 3.66. The van der Waals surface area contributed by atoms with E-state index in [1.165, 1.54) is 5.56 Å². The highest BCUT2D eigenvalue weighted by Crippen LogP contribution is 2.05. The van der Waals surface area contributed by atoms with Crippen LogP contribution < -0.4 is 0 Å². The van der Waals surface area contributed by atoms with Gasteiger partial charge in [-0.3, -0.25) is 0 Å². The number of hydrogen-bond donors (Lipinski definition) is 1. The molecule has 0 fully saturated rings. The van der Waals surface area contributed by atoms with Crippen LogP contribution in [0, 0.1) is 0 Å². The van der Waals surface area contributed by atoms with Crippen LogP contribution in [-0.2, 0) is 6.42 Å². The first kappa shape index (κ1) is 7.86. The number of aliphatic hydroxyl groups excluding tert-OH is 1. The number of benzene rings is 1. The molecule has 0 radical (unpaired) electrons. The predicted octanol–water partition coefficient (Wildman–Crippen LogP) is 2.69. The SMILES string of the molecule is CC(=CO)Cc1ccccc1. The summed E-state index contributed by atoms with van der Waals surface area (Å²) in [6, 6.07) is 10.1. The molecule has 1 heteroatoms. The van der Waals surface area contributed by atoms with Gasteiger partial charge in [0.05, 0.1) is 6.26 Å². The maximum atomic E-state index is 8.63. The van der Waals surface area contributed by atoms with E-state index in [0.717, 1.165) is 18.3 Å². The van der Waals surface area contributed by atoms with E-state index in [-0.39, 0.29) is 0 Å². The van der Waals surface area contributed by atoms with Crippen LogP contribution in [0.1, 0.15) is 12.5 Å². The number of rotatable bonds is 2. The van der Waals surface area contributed by atoms with Crippen LogP contribution in [0.5, 0.6) is 0 Å². The average Bonchev–Trinajstić information content (AvgIpc) is 2.06. The van der Waals surface area contributed by atoms with Crippen molar-refractivity contribution in [1.82, 2.24) is 0 Å². The number of hydrogen-bond acceptors (Lipinski definition) is 1. The van der Waals surface area contributed by atoms with Crippen molar-refractivity contribution in [2.75, 3.05) is 0 Å². The summed E-state index contributed by atoms with van der Waals surface area (Å²) in [6.07, 6.45) is 1.99. The average molecular weight is 148 g/mol. The highest BCUT2D eigenvalue weighted by Gasteiger charge is 1.91. The Bertz CT molecular complexity index is 236. The number of allylic oxidation sites excluding steroid dienone is 1.